The van der Waals surface area contributed by atoms with Gasteiger partial charge >= 0.3 is 0 Å². The van der Waals surface area contributed by atoms with Crippen LogP contribution in [-0.4, -0.2) is 5.78 Å². The molecule has 1 aliphatic carbocycles. The van der Waals surface area contributed by atoms with E-state index in [0.29, 0.717) is 6.42 Å². The Morgan fingerprint density at radius 2 is 1.00 bits per heavy atom. The monoisotopic (exact) mass is 224 g/mol. The number of carbonyl (C=O) groups excluding carboxylic acids is 1. The highest BCUT2D eigenvalue weighted by molar-refractivity contribution is 5.90. The Bertz CT molecular complexity index is 426. The van der Waals surface area contributed by atoms with Gasteiger partial charge in [0.05, 0.1) is 0 Å². The van der Waals surface area contributed by atoms with Crippen LogP contribution < -0.4 is 0 Å². The lowest BCUT2D eigenvalue weighted by Gasteiger charge is -1.84. The largest absolute Gasteiger partial charge is 0.295 e. The smallest absolute Gasteiger partial charge is 0.159 e. The molecule has 0 saturated carbocycles. The summed E-state index contributed by atoms with van der Waals surface area (Å²) in [6.07, 6.45) is 26.7. The molecule has 0 heterocycles. The van der Waals surface area contributed by atoms with E-state index >= 15 is 0 Å². The van der Waals surface area contributed by atoms with Crippen molar-refractivity contribution < 1.29 is 4.79 Å². The second kappa shape index (κ2) is 9.10. The van der Waals surface area contributed by atoms with Gasteiger partial charge in [-0.25, -0.2) is 0 Å². The predicted octanol–water partition coefficient (Wildman–Crippen LogP) is 3.85. The molecule has 0 N–H and O–H groups in total. The van der Waals surface area contributed by atoms with Crippen LogP contribution in [0.15, 0.2) is 85.1 Å². The van der Waals surface area contributed by atoms with Crippen molar-refractivity contribution in [3.63, 3.8) is 0 Å². The fraction of sp³-hybridized carbons (Fsp3) is 0.0625. The lowest BCUT2D eigenvalue weighted by atomic mass is 10.2. The zero-order valence-electron chi connectivity index (χ0n) is 9.70. The minimum absolute atomic E-state index is 0.103. The van der Waals surface area contributed by atoms with Gasteiger partial charge in [-0.05, 0) is 6.08 Å². The van der Waals surface area contributed by atoms with Gasteiger partial charge in [0.25, 0.3) is 0 Å². The van der Waals surface area contributed by atoms with Crippen LogP contribution in [0.5, 0.6) is 0 Å². The van der Waals surface area contributed by atoms with Crippen molar-refractivity contribution in [2.75, 3.05) is 0 Å². The number of ketones is 1. The molecule has 0 radical (unpaired) electrons. The Morgan fingerprint density at radius 3 is 1.53 bits per heavy atom. The van der Waals surface area contributed by atoms with Crippen molar-refractivity contribution in [1.82, 2.24) is 0 Å². The molecule has 1 heteroatoms. The van der Waals surface area contributed by atoms with E-state index < -0.39 is 0 Å². The van der Waals surface area contributed by atoms with Crippen LogP contribution in [0.3, 0.4) is 0 Å². The van der Waals surface area contributed by atoms with Crippen LogP contribution >= 0.6 is 0 Å². The van der Waals surface area contributed by atoms with Gasteiger partial charge in [0.1, 0.15) is 0 Å². The van der Waals surface area contributed by atoms with Gasteiger partial charge in [-0.1, -0.05) is 79.0 Å². The number of rotatable bonds is 0. The zero-order chi connectivity index (χ0) is 12.2. The summed E-state index contributed by atoms with van der Waals surface area (Å²) in [6, 6.07) is 0. The zero-order valence-corrected chi connectivity index (χ0v) is 9.70. The molecule has 17 heavy (non-hydrogen) atoms. The Kier molecular flexibility index (Phi) is 6.92. The SMILES string of the molecule is O=C1C=CC=CC=CC=CC=CC=C/C=C\C1. The van der Waals surface area contributed by atoms with Gasteiger partial charge in [-0.3, -0.25) is 4.79 Å². The molecule has 0 aliphatic heterocycles. The maximum absolute atomic E-state index is 11.3. The van der Waals surface area contributed by atoms with Gasteiger partial charge in [0.15, 0.2) is 5.78 Å². The topological polar surface area (TPSA) is 17.1 Å². The van der Waals surface area contributed by atoms with Crippen molar-refractivity contribution in [2.45, 2.75) is 6.42 Å². The molecule has 0 fully saturated rings. The van der Waals surface area contributed by atoms with E-state index in [-0.39, 0.29) is 5.78 Å². The third-order valence-electron chi connectivity index (χ3n) is 1.96. The first-order chi connectivity index (χ1) is 8.39. The van der Waals surface area contributed by atoms with E-state index in [2.05, 4.69) is 0 Å². The van der Waals surface area contributed by atoms with Crippen LogP contribution in [0.4, 0.5) is 0 Å². The lowest BCUT2D eigenvalue weighted by Crippen LogP contribution is -1.87. The van der Waals surface area contributed by atoms with Gasteiger partial charge in [-0.2, -0.15) is 0 Å². The standard InChI is InChI=1S/C16H16O/c17-16-14-12-10-8-6-4-2-1-3-5-7-9-11-13-15-16/h1-14H,15H2/b2-1?,5-3?,6-4?,9-7?,10-8?,13-11-,14-12?. The van der Waals surface area contributed by atoms with Gasteiger partial charge in [0, 0.05) is 6.42 Å². The molecule has 86 valence electrons. The second-order valence-electron chi connectivity index (χ2n) is 3.38. The number of hydrogen-bond acceptors (Lipinski definition) is 1. The van der Waals surface area contributed by atoms with Crippen LogP contribution in [0.2, 0.25) is 0 Å². The maximum Gasteiger partial charge on any atom is 0.159 e. The van der Waals surface area contributed by atoms with Crippen LogP contribution in [0, 0.1) is 0 Å². The summed E-state index contributed by atoms with van der Waals surface area (Å²) in [6.45, 7) is 0. The lowest BCUT2D eigenvalue weighted by molar-refractivity contribution is -0.113. The van der Waals surface area contributed by atoms with E-state index in [0.717, 1.165) is 0 Å². The van der Waals surface area contributed by atoms with Gasteiger partial charge in [0.2, 0.25) is 0 Å². The van der Waals surface area contributed by atoms with Crippen LogP contribution in [0.1, 0.15) is 6.42 Å². The number of hydrogen-bond donors (Lipinski definition) is 0. The molecule has 1 nitrogen and oxygen atoms in total. The third-order valence-corrected chi connectivity index (χ3v) is 1.96. The van der Waals surface area contributed by atoms with Gasteiger partial charge < -0.3 is 0 Å². The Hall–Kier alpha value is -2.15. The maximum atomic E-state index is 11.3. The van der Waals surface area contributed by atoms with E-state index in [1.54, 1.807) is 12.2 Å². The molecule has 0 aromatic rings. The first kappa shape index (κ1) is 12.9. The molecule has 0 bridgehead atoms. The molecule has 0 aromatic carbocycles. The Labute approximate surface area is 103 Å². The molecular weight excluding hydrogens is 208 g/mol. The van der Waals surface area contributed by atoms with Gasteiger partial charge in [-0.15, -0.1) is 0 Å². The quantitative estimate of drug-likeness (QED) is 0.610. The van der Waals surface area contributed by atoms with Crippen LogP contribution in [-0.2, 0) is 4.79 Å². The van der Waals surface area contributed by atoms with E-state index in [9.17, 15) is 4.79 Å². The van der Waals surface area contributed by atoms with Crippen LogP contribution in [0.25, 0.3) is 0 Å². The first-order valence-corrected chi connectivity index (χ1v) is 5.59. The molecule has 0 saturated heterocycles. The van der Waals surface area contributed by atoms with Crippen molar-refractivity contribution in [3.8, 4) is 0 Å². The summed E-state index contributed by atoms with van der Waals surface area (Å²) in [7, 11) is 0. The third kappa shape index (κ3) is 7.74. The summed E-state index contributed by atoms with van der Waals surface area (Å²) < 4.78 is 0. The second-order valence-corrected chi connectivity index (χ2v) is 3.38. The van der Waals surface area contributed by atoms with Crippen molar-refractivity contribution in [1.29, 1.82) is 0 Å². The summed E-state index contributed by atoms with van der Waals surface area (Å²) >= 11 is 0. The highest BCUT2D eigenvalue weighted by atomic mass is 16.1. The molecule has 1 aliphatic rings. The molecule has 0 spiro atoms. The number of allylic oxidation sites excluding steroid dienone is 14. The fourth-order valence-electron chi connectivity index (χ4n) is 1.14. The summed E-state index contributed by atoms with van der Waals surface area (Å²) in [5, 5.41) is 0. The minimum Gasteiger partial charge on any atom is -0.295 e. The Morgan fingerprint density at radius 1 is 0.588 bits per heavy atom. The van der Waals surface area contributed by atoms with Crippen molar-refractivity contribution in [2.24, 2.45) is 0 Å². The summed E-state index contributed by atoms with van der Waals surface area (Å²) in [5.41, 5.74) is 0. The summed E-state index contributed by atoms with van der Waals surface area (Å²) in [4.78, 5) is 11.3. The first-order valence-electron chi connectivity index (χ1n) is 5.59. The van der Waals surface area contributed by atoms with Crippen molar-refractivity contribution >= 4 is 5.78 Å². The normalized spacial score (nSPS) is 18.7. The molecule has 0 amide bonds. The number of carbonyl (C=O) groups is 1. The molecular formula is C16H16O. The molecule has 0 aromatic heterocycles. The Balaban J connectivity index is 2.70. The molecule has 1 rings (SSSR count). The average Bonchev–Trinajstić information content (AvgIpc) is 2.32. The minimum atomic E-state index is 0.103. The van der Waals surface area contributed by atoms with E-state index in [1.165, 1.54) is 0 Å². The average molecular weight is 224 g/mol. The van der Waals surface area contributed by atoms with E-state index in [1.807, 2.05) is 72.9 Å². The van der Waals surface area contributed by atoms with Crippen molar-refractivity contribution in [3.05, 3.63) is 85.1 Å². The summed E-state index contributed by atoms with van der Waals surface area (Å²) in [5.74, 6) is 0.103. The highest BCUT2D eigenvalue weighted by Gasteiger charge is 1.88. The molecule has 0 unspecified atom stereocenters. The predicted molar refractivity (Wildman–Crippen MR) is 73.6 cm³/mol. The fourth-order valence-corrected chi connectivity index (χ4v) is 1.14. The van der Waals surface area contributed by atoms with E-state index in [4.69, 9.17) is 0 Å². The highest BCUT2D eigenvalue weighted by Crippen LogP contribution is 1.92. The molecule has 0 atom stereocenters.